The topological polar surface area (TPSA) is 83.8 Å². The highest BCUT2D eigenvalue weighted by molar-refractivity contribution is 7.99. The highest BCUT2D eigenvalue weighted by Crippen LogP contribution is 2.21. The molecular weight excluding hydrogens is 356 g/mol. The van der Waals surface area contributed by atoms with Crippen molar-refractivity contribution >= 4 is 23.1 Å². The van der Waals surface area contributed by atoms with E-state index in [1.165, 1.54) is 4.90 Å². The molecule has 0 fully saturated rings. The Labute approximate surface area is 163 Å². The number of nitrogens with zero attached hydrogens (tertiary/aromatic N) is 5. The second-order valence-electron chi connectivity index (χ2n) is 6.10. The minimum Gasteiger partial charge on any atom is -0.399 e. The fourth-order valence-corrected chi connectivity index (χ4v) is 3.61. The molecule has 2 N–H and O–H groups in total. The van der Waals surface area contributed by atoms with Gasteiger partial charge in [0.1, 0.15) is 12.7 Å². The zero-order valence-corrected chi connectivity index (χ0v) is 15.8. The number of anilines is 2. The summed E-state index contributed by atoms with van der Waals surface area (Å²) in [4.78, 5) is 1.26. The van der Waals surface area contributed by atoms with Crippen LogP contribution < -0.4 is 10.7 Å². The molecular formula is C20H22N6S. The lowest BCUT2D eigenvalue weighted by Gasteiger charge is -2.24. The number of nitriles is 1. The molecule has 6 nitrogen and oxygen atoms in total. The van der Waals surface area contributed by atoms with Crippen molar-refractivity contribution in [3.05, 3.63) is 66.7 Å². The molecule has 1 aromatic heterocycles. The third-order valence-corrected chi connectivity index (χ3v) is 5.24. The number of aromatic nitrogens is 3. The maximum Gasteiger partial charge on any atom is 0.139 e. The summed E-state index contributed by atoms with van der Waals surface area (Å²) < 4.78 is 1.88. The first-order valence-electron chi connectivity index (χ1n) is 8.87. The van der Waals surface area contributed by atoms with Gasteiger partial charge in [0, 0.05) is 17.1 Å². The van der Waals surface area contributed by atoms with Gasteiger partial charge in [-0.25, -0.2) is 4.68 Å². The molecule has 1 heterocycles. The Morgan fingerprint density at radius 3 is 2.33 bits per heavy atom. The van der Waals surface area contributed by atoms with E-state index in [1.807, 2.05) is 52.8 Å². The first-order valence-corrected chi connectivity index (χ1v) is 9.86. The molecule has 27 heavy (non-hydrogen) atoms. The molecule has 2 aromatic carbocycles. The van der Waals surface area contributed by atoms with Gasteiger partial charge in [0.25, 0.3) is 0 Å². The molecule has 3 rings (SSSR count). The second-order valence-corrected chi connectivity index (χ2v) is 7.27. The van der Waals surface area contributed by atoms with Gasteiger partial charge in [0.15, 0.2) is 0 Å². The molecule has 0 radical (unpaired) electrons. The van der Waals surface area contributed by atoms with Gasteiger partial charge >= 0.3 is 0 Å². The van der Waals surface area contributed by atoms with Crippen LogP contribution in [-0.4, -0.2) is 27.2 Å². The molecule has 0 amide bonds. The van der Waals surface area contributed by atoms with Gasteiger partial charge in [0.05, 0.1) is 17.3 Å². The highest BCUT2D eigenvalue weighted by Gasteiger charge is 2.09. The maximum absolute atomic E-state index is 8.97. The molecule has 0 aliphatic rings. The Bertz CT molecular complexity index is 853. The normalized spacial score (nSPS) is 10.5. The maximum atomic E-state index is 8.97. The predicted octanol–water partition coefficient (Wildman–Crippen LogP) is 3.96. The Morgan fingerprint density at radius 2 is 1.67 bits per heavy atom. The smallest absolute Gasteiger partial charge is 0.139 e. The minimum absolute atomic E-state index is 0.655. The Balaban J connectivity index is 1.48. The van der Waals surface area contributed by atoms with Gasteiger partial charge in [0.2, 0.25) is 0 Å². The number of benzene rings is 2. The minimum atomic E-state index is 0.655. The van der Waals surface area contributed by atoms with Crippen LogP contribution in [0.1, 0.15) is 24.8 Å². The summed E-state index contributed by atoms with van der Waals surface area (Å²) in [5, 5.41) is 18.9. The van der Waals surface area contributed by atoms with Crippen LogP contribution in [0.4, 0.5) is 11.4 Å². The van der Waals surface area contributed by atoms with E-state index < -0.39 is 0 Å². The van der Waals surface area contributed by atoms with Crippen molar-refractivity contribution in [1.29, 1.82) is 5.26 Å². The summed E-state index contributed by atoms with van der Waals surface area (Å²) in [5.74, 6) is 1.09. The molecule has 0 aliphatic carbocycles. The number of nitrogen functional groups attached to an aromatic ring is 1. The lowest BCUT2D eigenvalue weighted by Crippen LogP contribution is -2.29. The zero-order valence-electron chi connectivity index (χ0n) is 15.0. The van der Waals surface area contributed by atoms with E-state index in [0.717, 1.165) is 42.9 Å². The van der Waals surface area contributed by atoms with Crippen LogP contribution in [0.3, 0.4) is 0 Å². The van der Waals surface area contributed by atoms with Crippen molar-refractivity contribution in [1.82, 2.24) is 14.9 Å². The van der Waals surface area contributed by atoms with Crippen LogP contribution in [0.15, 0.2) is 66.1 Å². The van der Waals surface area contributed by atoms with Gasteiger partial charge in [-0.1, -0.05) is 6.42 Å². The van der Waals surface area contributed by atoms with Crippen molar-refractivity contribution in [2.24, 2.45) is 0 Å². The molecule has 138 valence electrons. The molecule has 0 unspecified atom stereocenters. The molecule has 0 saturated heterocycles. The van der Waals surface area contributed by atoms with Crippen molar-refractivity contribution < 1.29 is 0 Å². The molecule has 0 atom stereocenters. The van der Waals surface area contributed by atoms with E-state index >= 15 is 0 Å². The SMILES string of the molecule is N#Cc1ccc(N(CCCCCSc2ccc(N)cc2)n2cnnc2)cc1. The summed E-state index contributed by atoms with van der Waals surface area (Å²) in [7, 11) is 0. The zero-order chi connectivity index (χ0) is 18.9. The number of hydrogen-bond acceptors (Lipinski definition) is 6. The van der Waals surface area contributed by atoms with Crippen molar-refractivity contribution in [2.75, 3.05) is 23.0 Å². The van der Waals surface area contributed by atoms with Crippen molar-refractivity contribution in [2.45, 2.75) is 24.2 Å². The Hall–Kier alpha value is -2.98. The van der Waals surface area contributed by atoms with Gasteiger partial charge < -0.3 is 5.73 Å². The van der Waals surface area contributed by atoms with Crippen LogP contribution >= 0.6 is 11.8 Å². The molecule has 0 spiro atoms. The first kappa shape index (κ1) is 18.8. The Morgan fingerprint density at radius 1 is 0.963 bits per heavy atom. The van der Waals surface area contributed by atoms with E-state index in [9.17, 15) is 0 Å². The first-order chi connectivity index (χ1) is 13.3. The third kappa shape index (κ3) is 5.50. The summed E-state index contributed by atoms with van der Waals surface area (Å²) in [6.07, 6.45) is 6.72. The van der Waals surface area contributed by atoms with Crippen LogP contribution in [0, 0.1) is 11.3 Å². The van der Waals surface area contributed by atoms with Crippen molar-refractivity contribution in [3.63, 3.8) is 0 Å². The fourth-order valence-electron chi connectivity index (χ4n) is 2.70. The van der Waals surface area contributed by atoms with E-state index in [4.69, 9.17) is 11.0 Å². The molecule has 0 saturated carbocycles. The van der Waals surface area contributed by atoms with Gasteiger partial charge in [-0.05, 0) is 67.1 Å². The lowest BCUT2D eigenvalue weighted by molar-refractivity contribution is 0.626. The summed E-state index contributed by atoms with van der Waals surface area (Å²) in [6.45, 7) is 0.858. The van der Waals surface area contributed by atoms with Crippen LogP contribution in [0.25, 0.3) is 0 Å². The average Bonchev–Trinajstić information content (AvgIpc) is 3.23. The standard InChI is InChI=1S/C20H22N6S/c21-14-17-4-8-19(9-5-17)26(25-15-23-24-16-25)12-2-1-3-13-27-20-10-6-18(22)7-11-20/h4-11,15-16H,1-3,12-13,22H2. The number of nitrogens with two attached hydrogens (primary N) is 1. The number of hydrogen-bond donors (Lipinski definition) is 1. The third-order valence-electron chi connectivity index (χ3n) is 4.14. The number of rotatable bonds is 9. The van der Waals surface area contributed by atoms with E-state index in [0.29, 0.717) is 5.56 Å². The lowest BCUT2D eigenvalue weighted by atomic mass is 10.2. The summed E-state index contributed by atoms with van der Waals surface area (Å²) in [6, 6.07) is 17.7. The Kier molecular flexibility index (Phi) is 6.72. The van der Waals surface area contributed by atoms with E-state index in [1.54, 1.807) is 12.7 Å². The molecule has 7 heteroatoms. The van der Waals surface area contributed by atoms with E-state index in [2.05, 4.69) is 33.4 Å². The second kappa shape index (κ2) is 9.64. The van der Waals surface area contributed by atoms with Gasteiger partial charge in [-0.2, -0.15) is 5.26 Å². The molecule has 0 bridgehead atoms. The summed E-state index contributed by atoms with van der Waals surface area (Å²) >= 11 is 1.86. The van der Waals surface area contributed by atoms with E-state index in [-0.39, 0.29) is 0 Å². The monoisotopic (exact) mass is 378 g/mol. The van der Waals surface area contributed by atoms with Crippen molar-refractivity contribution in [3.8, 4) is 6.07 Å². The molecule has 3 aromatic rings. The van der Waals surface area contributed by atoms with Crippen LogP contribution in [0.2, 0.25) is 0 Å². The van der Waals surface area contributed by atoms with Gasteiger partial charge in [-0.15, -0.1) is 22.0 Å². The number of thioether (sulfide) groups is 1. The number of unbranched alkanes of at least 4 members (excludes halogenated alkanes) is 2. The highest BCUT2D eigenvalue weighted by atomic mass is 32.2. The largest absolute Gasteiger partial charge is 0.399 e. The summed E-state index contributed by atoms with van der Waals surface area (Å²) in [5.41, 5.74) is 8.19. The van der Waals surface area contributed by atoms with Gasteiger partial charge in [-0.3, -0.25) is 5.01 Å². The quantitative estimate of drug-likeness (QED) is 0.345. The molecule has 0 aliphatic heterocycles. The van der Waals surface area contributed by atoms with Crippen LogP contribution in [-0.2, 0) is 0 Å². The van der Waals surface area contributed by atoms with Crippen LogP contribution in [0.5, 0.6) is 0 Å². The predicted molar refractivity (Wildman–Crippen MR) is 109 cm³/mol. The average molecular weight is 379 g/mol. The fraction of sp³-hybridized carbons (Fsp3) is 0.250.